The molecule has 0 bridgehead atoms. The van der Waals surface area contributed by atoms with E-state index in [1.165, 1.54) is 0 Å². The number of piperidine rings is 1. The van der Waals surface area contributed by atoms with Gasteiger partial charge < -0.3 is 5.11 Å². The SMILES string of the molecule is O=C(O)C1CCN(S(=O)(=O)c2cccnc2C(F)(F)F)CC1. The summed E-state index contributed by atoms with van der Waals surface area (Å²) in [7, 11) is -4.37. The fourth-order valence-corrected chi connectivity index (χ4v) is 3.93. The number of carboxylic acids is 1. The summed E-state index contributed by atoms with van der Waals surface area (Å²) in [6.45, 7) is -0.267. The summed E-state index contributed by atoms with van der Waals surface area (Å²) in [6.07, 6.45) is -3.88. The van der Waals surface area contributed by atoms with Crippen LogP contribution in [0.1, 0.15) is 18.5 Å². The molecule has 1 N–H and O–H groups in total. The fourth-order valence-electron chi connectivity index (χ4n) is 2.29. The van der Waals surface area contributed by atoms with Crippen molar-refractivity contribution in [3.8, 4) is 0 Å². The molecule has 2 rings (SSSR count). The first-order chi connectivity index (χ1) is 10.1. The third-order valence-corrected chi connectivity index (χ3v) is 5.39. The van der Waals surface area contributed by atoms with Crippen LogP contribution in [-0.2, 0) is 21.0 Å². The van der Waals surface area contributed by atoms with Gasteiger partial charge in [0.15, 0.2) is 5.69 Å². The third-order valence-electron chi connectivity index (χ3n) is 3.46. The van der Waals surface area contributed by atoms with Gasteiger partial charge in [0.1, 0.15) is 4.90 Å². The minimum Gasteiger partial charge on any atom is -0.481 e. The molecule has 0 aliphatic carbocycles. The predicted molar refractivity (Wildman–Crippen MR) is 68.4 cm³/mol. The van der Waals surface area contributed by atoms with E-state index in [4.69, 9.17) is 5.11 Å². The Kier molecular flexibility index (Phi) is 4.43. The van der Waals surface area contributed by atoms with E-state index in [0.717, 1.165) is 22.6 Å². The molecular weight excluding hydrogens is 325 g/mol. The second kappa shape index (κ2) is 5.84. The molecule has 1 aromatic rings. The Balaban J connectivity index is 2.31. The van der Waals surface area contributed by atoms with Gasteiger partial charge in [-0.05, 0) is 25.0 Å². The van der Waals surface area contributed by atoms with Crippen LogP contribution in [0.25, 0.3) is 0 Å². The van der Waals surface area contributed by atoms with Crippen molar-refractivity contribution in [2.75, 3.05) is 13.1 Å². The minimum absolute atomic E-state index is 0.0657. The molecule has 22 heavy (non-hydrogen) atoms. The van der Waals surface area contributed by atoms with E-state index in [-0.39, 0.29) is 25.9 Å². The van der Waals surface area contributed by atoms with Crippen molar-refractivity contribution in [2.45, 2.75) is 23.9 Å². The maximum atomic E-state index is 12.9. The van der Waals surface area contributed by atoms with Crippen molar-refractivity contribution in [3.05, 3.63) is 24.0 Å². The van der Waals surface area contributed by atoms with Gasteiger partial charge in [-0.25, -0.2) is 8.42 Å². The van der Waals surface area contributed by atoms with Crippen LogP contribution >= 0.6 is 0 Å². The normalized spacial score (nSPS) is 18.3. The maximum absolute atomic E-state index is 12.9. The van der Waals surface area contributed by atoms with Crippen LogP contribution in [0.2, 0.25) is 0 Å². The zero-order chi connectivity index (χ0) is 16.5. The number of aromatic nitrogens is 1. The van der Waals surface area contributed by atoms with Crippen molar-refractivity contribution < 1.29 is 31.5 Å². The number of carboxylic acid groups (broad SMARTS) is 1. The van der Waals surface area contributed by atoms with E-state index in [2.05, 4.69) is 4.98 Å². The highest BCUT2D eigenvalue weighted by molar-refractivity contribution is 7.89. The van der Waals surface area contributed by atoms with Crippen LogP contribution in [0.15, 0.2) is 23.2 Å². The number of rotatable bonds is 3. The summed E-state index contributed by atoms with van der Waals surface area (Å²) in [5.41, 5.74) is -1.46. The van der Waals surface area contributed by atoms with Crippen LogP contribution < -0.4 is 0 Å². The molecule has 1 aliphatic heterocycles. The van der Waals surface area contributed by atoms with E-state index in [1.807, 2.05) is 0 Å². The highest BCUT2D eigenvalue weighted by atomic mass is 32.2. The Morgan fingerprint density at radius 3 is 2.41 bits per heavy atom. The largest absolute Gasteiger partial charge is 0.481 e. The molecule has 0 atom stereocenters. The molecule has 122 valence electrons. The summed E-state index contributed by atoms with van der Waals surface area (Å²) in [4.78, 5) is 13.1. The summed E-state index contributed by atoms with van der Waals surface area (Å²) in [5, 5.41) is 8.87. The van der Waals surface area contributed by atoms with Crippen molar-refractivity contribution in [1.29, 1.82) is 0 Å². The van der Waals surface area contributed by atoms with Gasteiger partial charge in [0.2, 0.25) is 10.0 Å². The van der Waals surface area contributed by atoms with Gasteiger partial charge in [-0.2, -0.15) is 17.5 Å². The van der Waals surface area contributed by atoms with Crippen molar-refractivity contribution in [1.82, 2.24) is 9.29 Å². The molecule has 10 heteroatoms. The molecule has 0 spiro atoms. The summed E-state index contributed by atoms with van der Waals surface area (Å²) >= 11 is 0. The average Bonchev–Trinajstić information content (AvgIpc) is 2.46. The quantitative estimate of drug-likeness (QED) is 0.904. The second-order valence-corrected chi connectivity index (χ2v) is 6.77. The minimum atomic E-state index is -4.89. The summed E-state index contributed by atoms with van der Waals surface area (Å²) in [6, 6.07) is 1.97. The fraction of sp³-hybridized carbons (Fsp3) is 0.500. The third kappa shape index (κ3) is 3.22. The second-order valence-electron chi connectivity index (χ2n) is 4.86. The Labute approximate surface area is 124 Å². The molecular formula is C12H13F3N2O4S. The van der Waals surface area contributed by atoms with Gasteiger partial charge in [-0.3, -0.25) is 9.78 Å². The average molecular weight is 338 g/mol. The summed E-state index contributed by atoms with van der Waals surface area (Å²) < 4.78 is 64.3. The number of aliphatic carboxylic acids is 1. The molecule has 6 nitrogen and oxygen atoms in total. The number of alkyl halides is 3. The van der Waals surface area contributed by atoms with E-state index in [9.17, 15) is 26.4 Å². The van der Waals surface area contributed by atoms with Gasteiger partial charge >= 0.3 is 12.1 Å². The molecule has 1 aromatic heterocycles. The van der Waals surface area contributed by atoms with Gasteiger partial charge in [-0.15, -0.1) is 0 Å². The van der Waals surface area contributed by atoms with Crippen LogP contribution in [0.3, 0.4) is 0 Å². The van der Waals surface area contributed by atoms with E-state index in [0.29, 0.717) is 0 Å². The number of hydrogen-bond acceptors (Lipinski definition) is 4. The van der Waals surface area contributed by atoms with Crippen LogP contribution in [0, 0.1) is 5.92 Å². The van der Waals surface area contributed by atoms with Crippen molar-refractivity contribution in [2.24, 2.45) is 5.92 Å². The molecule has 0 aromatic carbocycles. The lowest BCUT2D eigenvalue weighted by molar-refractivity contribution is -0.143. The molecule has 1 saturated heterocycles. The zero-order valence-electron chi connectivity index (χ0n) is 11.2. The van der Waals surface area contributed by atoms with Crippen LogP contribution in [0.4, 0.5) is 13.2 Å². The van der Waals surface area contributed by atoms with Gasteiger partial charge in [0.05, 0.1) is 5.92 Å². The lowest BCUT2D eigenvalue weighted by Crippen LogP contribution is -2.40. The number of pyridine rings is 1. The van der Waals surface area contributed by atoms with E-state index in [1.54, 1.807) is 0 Å². The Hall–Kier alpha value is -1.68. The standard InChI is InChI=1S/C12H13F3N2O4S/c13-12(14,15)10-9(2-1-5-16-10)22(20,21)17-6-3-8(4-7-17)11(18)19/h1-2,5,8H,3-4,6-7H2,(H,18,19). The number of nitrogens with zero attached hydrogens (tertiary/aromatic N) is 2. The number of hydrogen-bond donors (Lipinski definition) is 1. The van der Waals surface area contributed by atoms with E-state index >= 15 is 0 Å². The lowest BCUT2D eigenvalue weighted by Gasteiger charge is -2.29. The molecule has 0 amide bonds. The zero-order valence-corrected chi connectivity index (χ0v) is 12.1. The number of sulfonamides is 1. The predicted octanol–water partition coefficient (Wildman–Crippen LogP) is 1.59. The van der Waals surface area contributed by atoms with E-state index < -0.39 is 38.7 Å². The topological polar surface area (TPSA) is 87.6 Å². The van der Waals surface area contributed by atoms with Crippen LogP contribution in [0.5, 0.6) is 0 Å². The first kappa shape index (κ1) is 16.7. The molecule has 0 unspecified atom stereocenters. The van der Waals surface area contributed by atoms with Gasteiger partial charge in [-0.1, -0.05) is 0 Å². The maximum Gasteiger partial charge on any atom is 0.434 e. The van der Waals surface area contributed by atoms with Crippen molar-refractivity contribution >= 4 is 16.0 Å². The number of carbonyl (C=O) groups is 1. The Morgan fingerprint density at radius 2 is 1.91 bits per heavy atom. The molecule has 2 heterocycles. The van der Waals surface area contributed by atoms with Gasteiger partial charge in [0.25, 0.3) is 0 Å². The lowest BCUT2D eigenvalue weighted by atomic mass is 9.99. The Morgan fingerprint density at radius 1 is 1.32 bits per heavy atom. The highest BCUT2D eigenvalue weighted by Crippen LogP contribution is 2.34. The molecule has 1 aliphatic rings. The first-order valence-electron chi connectivity index (χ1n) is 6.39. The molecule has 1 fully saturated rings. The highest BCUT2D eigenvalue weighted by Gasteiger charge is 2.41. The smallest absolute Gasteiger partial charge is 0.434 e. The monoisotopic (exact) mass is 338 g/mol. The Bertz CT molecular complexity index is 667. The molecule has 0 radical (unpaired) electrons. The number of halogens is 3. The van der Waals surface area contributed by atoms with Crippen LogP contribution in [-0.4, -0.2) is 41.9 Å². The first-order valence-corrected chi connectivity index (χ1v) is 7.83. The van der Waals surface area contributed by atoms with Gasteiger partial charge in [0, 0.05) is 19.3 Å². The summed E-state index contributed by atoms with van der Waals surface area (Å²) in [5.74, 6) is -1.71. The van der Waals surface area contributed by atoms with Crippen molar-refractivity contribution in [3.63, 3.8) is 0 Å². The molecule has 0 saturated carbocycles.